The van der Waals surface area contributed by atoms with E-state index in [1.165, 1.54) is 6.21 Å². The fourth-order valence-electron chi connectivity index (χ4n) is 0.739. The molecule has 0 amide bonds. The smallest absolute Gasteiger partial charge is 0.144 e. The van der Waals surface area contributed by atoms with Gasteiger partial charge in [0.15, 0.2) is 0 Å². The average molecular weight is 205 g/mol. The Kier molecular flexibility index (Phi) is 2.78. The number of rotatable bonds is 1. The van der Waals surface area contributed by atoms with E-state index in [4.69, 9.17) is 29.0 Å². The third kappa shape index (κ3) is 1.62. The second-order valence-corrected chi connectivity index (χ2v) is 2.86. The summed E-state index contributed by atoms with van der Waals surface area (Å²) in [5.41, 5.74) is 0.437. The monoisotopic (exact) mass is 204 g/mol. The number of halogens is 2. The quantitative estimate of drug-likeness (QED) is 0.418. The third-order valence-electron chi connectivity index (χ3n) is 1.31. The Morgan fingerprint density at radius 3 is 2.67 bits per heavy atom. The van der Waals surface area contributed by atoms with Crippen LogP contribution < -0.4 is 5.84 Å². The number of nitrogens with two attached hydrogens (primary N) is 1. The summed E-state index contributed by atoms with van der Waals surface area (Å²) < 4.78 is 0. The number of aromatic hydroxyl groups is 1. The maximum absolute atomic E-state index is 9.35. The minimum Gasteiger partial charge on any atom is -0.506 e. The number of nitrogens with zero attached hydrogens (tertiary/aromatic N) is 1. The molecule has 0 aromatic heterocycles. The summed E-state index contributed by atoms with van der Waals surface area (Å²) in [4.78, 5) is 0. The lowest BCUT2D eigenvalue weighted by Gasteiger charge is -2.01. The Morgan fingerprint density at radius 2 is 2.08 bits per heavy atom. The first kappa shape index (κ1) is 9.16. The fourth-order valence-corrected chi connectivity index (χ4v) is 1.06. The number of hydrogen-bond acceptors (Lipinski definition) is 3. The molecular formula is C7H6Cl2N2O. The van der Waals surface area contributed by atoms with E-state index in [2.05, 4.69) is 5.10 Å². The Balaban J connectivity index is 3.26. The van der Waals surface area contributed by atoms with E-state index in [9.17, 15) is 5.11 Å². The van der Waals surface area contributed by atoms with Gasteiger partial charge in [-0.2, -0.15) is 5.10 Å². The Labute approximate surface area is 79.4 Å². The summed E-state index contributed by atoms with van der Waals surface area (Å²) in [5.74, 6) is 4.79. The molecule has 0 atom stereocenters. The van der Waals surface area contributed by atoms with E-state index in [1.54, 1.807) is 12.1 Å². The Morgan fingerprint density at radius 1 is 1.42 bits per heavy atom. The molecule has 0 aliphatic heterocycles. The number of hydrogen-bond donors (Lipinski definition) is 2. The topological polar surface area (TPSA) is 58.6 Å². The molecule has 5 heteroatoms. The van der Waals surface area contributed by atoms with Crippen molar-refractivity contribution in [2.45, 2.75) is 0 Å². The molecule has 0 saturated heterocycles. The maximum Gasteiger partial charge on any atom is 0.144 e. The van der Waals surface area contributed by atoms with Gasteiger partial charge < -0.3 is 10.9 Å². The van der Waals surface area contributed by atoms with Gasteiger partial charge in [0.25, 0.3) is 0 Å². The van der Waals surface area contributed by atoms with Crippen LogP contribution in [0, 0.1) is 0 Å². The van der Waals surface area contributed by atoms with Gasteiger partial charge in [-0.1, -0.05) is 23.2 Å². The van der Waals surface area contributed by atoms with Crippen molar-refractivity contribution < 1.29 is 5.11 Å². The van der Waals surface area contributed by atoms with Crippen LogP contribution in [0.1, 0.15) is 5.56 Å². The second kappa shape index (κ2) is 3.65. The van der Waals surface area contributed by atoms with E-state index in [0.29, 0.717) is 10.6 Å². The lowest BCUT2D eigenvalue weighted by molar-refractivity contribution is 0.475. The minimum atomic E-state index is -0.113. The largest absolute Gasteiger partial charge is 0.506 e. The molecule has 12 heavy (non-hydrogen) atoms. The summed E-state index contributed by atoms with van der Waals surface area (Å²) >= 11 is 11.3. The van der Waals surface area contributed by atoms with Gasteiger partial charge >= 0.3 is 0 Å². The maximum atomic E-state index is 9.35. The van der Waals surface area contributed by atoms with Crippen LogP contribution in [0.2, 0.25) is 10.0 Å². The molecule has 64 valence electrons. The van der Waals surface area contributed by atoms with Gasteiger partial charge in [0.1, 0.15) is 10.8 Å². The summed E-state index contributed by atoms with van der Waals surface area (Å²) in [6.45, 7) is 0. The van der Waals surface area contributed by atoms with Gasteiger partial charge in [0.2, 0.25) is 0 Å². The standard InChI is InChI=1S/C7H6Cl2N2O/c8-5-2-1-4(3-11-10)7(12)6(5)9/h1-3,12H,10H2/b11-3+. The van der Waals surface area contributed by atoms with Gasteiger partial charge in [-0.25, -0.2) is 0 Å². The SMILES string of the molecule is N/N=C/c1ccc(Cl)c(Cl)c1O. The van der Waals surface area contributed by atoms with E-state index >= 15 is 0 Å². The number of benzene rings is 1. The van der Waals surface area contributed by atoms with Crippen molar-refractivity contribution in [2.24, 2.45) is 10.9 Å². The highest BCUT2D eigenvalue weighted by molar-refractivity contribution is 6.43. The van der Waals surface area contributed by atoms with Crippen LogP contribution >= 0.6 is 23.2 Å². The number of phenols is 1. The van der Waals surface area contributed by atoms with Crippen molar-refractivity contribution in [1.82, 2.24) is 0 Å². The predicted octanol–water partition coefficient (Wildman–Crippen LogP) is 1.99. The molecule has 3 nitrogen and oxygen atoms in total. The normalized spacial score (nSPS) is 10.8. The summed E-state index contributed by atoms with van der Waals surface area (Å²) in [6, 6.07) is 3.13. The van der Waals surface area contributed by atoms with Crippen molar-refractivity contribution in [3.63, 3.8) is 0 Å². The van der Waals surface area contributed by atoms with Crippen molar-refractivity contribution >= 4 is 29.4 Å². The van der Waals surface area contributed by atoms with Crippen LogP contribution in [0.3, 0.4) is 0 Å². The van der Waals surface area contributed by atoms with E-state index in [1.807, 2.05) is 0 Å². The zero-order valence-electron chi connectivity index (χ0n) is 5.96. The average Bonchev–Trinajstić information content (AvgIpc) is 2.07. The molecular weight excluding hydrogens is 199 g/mol. The molecule has 0 fully saturated rings. The number of hydrazone groups is 1. The van der Waals surface area contributed by atoms with Gasteiger partial charge in [0.05, 0.1) is 11.2 Å². The van der Waals surface area contributed by atoms with E-state index in [0.717, 1.165) is 0 Å². The lowest BCUT2D eigenvalue weighted by Crippen LogP contribution is -1.87. The van der Waals surface area contributed by atoms with E-state index < -0.39 is 0 Å². The molecule has 0 aliphatic carbocycles. The molecule has 0 heterocycles. The van der Waals surface area contributed by atoms with Gasteiger partial charge in [-0.15, -0.1) is 0 Å². The van der Waals surface area contributed by atoms with Crippen LogP contribution in [0.5, 0.6) is 5.75 Å². The first-order valence-electron chi connectivity index (χ1n) is 3.07. The van der Waals surface area contributed by atoms with Gasteiger partial charge in [-0.05, 0) is 12.1 Å². The van der Waals surface area contributed by atoms with E-state index in [-0.39, 0.29) is 10.8 Å². The highest BCUT2D eigenvalue weighted by Gasteiger charge is 2.06. The Bertz CT molecular complexity index is 325. The second-order valence-electron chi connectivity index (χ2n) is 2.08. The van der Waals surface area contributed by atoms with Crippen molar-refractivity contribution in [3.05, 3.63) is 27.7 Å². The van der Waals surface area contributed by atoms with Crippen molar-refractivity contribution in [1.29, 1.82) is 0 Å². The third-order valence-corrected chi connectivity index (χ3v) is 2.11. The van der Waals surface area contributed by atoms with Crippen LogP contribution in [-0.4, -0.2) is 11.3 Å². The van der Waals surface area contributed by atoms with Crippen LogP contribution in [0.4, 0.5) is 0 Å². The molecule has 1 aromatic carbocycles. The molecule has 0 spiro atoms. The molecule has 1 aromatic rings. The highest BCUT2D eigenvalue weighted by atomic mass is 35.5. The molecule has 0 bridgehead atoms. The Hall–Kier alpha value is -0.930. The van der Waals surface area contributed by atoms with Crippen molar-refractivity contribution in [2.75, 3.05) is 0 Å². The molecule has 0 radical (unpaired) electrons. The number of phenolic OH excluding ortho intramolecular Hbond substituents is 1. The van der Waals surface area contributed by atoms with Gasteiger partial charge in [0, 0.05) is 5.56 Å². The summed E-state index contributed by atoms with van der Waals surface area (Å²) in [5, 5.41) is 13.0. The fraction of sp³-hybridized carbons (Fsp3) is 0. The first-order valence-corrected chi connectivity index (χ1v) is 3.82. The molecule has 0 unspecified atom stereocenters. The molecule has 1 rings (SSSR count). The van der Waals surface area contributed by atoms with Crippen LogP contribution in [-0.2, 0) is 0 Å². The zero-order chi connectivity index (χ0) is 9.14. The van der Waals surface area contributed by atoms with Gasteiger partial charge in [-0.3, -0.25) is 0 Å². The van der Waals surface area contributed by atoms with Crippen molar-refractivity contribution in [3.8, 4) is 5.75 Å². The minimum absolute atomic E-state index is 0.106. The summed E-state index contributed by atoms with van der Waals surface area (Å²) in [7, 11) is 0. The zero-order valence-corrected chi connectivity index (χ0v) is 7.47. The highest BCUT2D eigenvalue weighted by Crippen LogP contribution is 2.32. The molecule has 0 aliphatic rings. The predicted molar refractivity (Wildman–Crippen MR) is 49.9 cm³/mol. The first-order chi connectivity index (χ1) is 5.66. The summed E-state index contributed by atoms with van der Waals surface area (Å²) in [6.07, 6.45) is 1.29. The molecule has 0 saturated carbocycles. The molecule has 3 N–H and O–H groups in total. The lowest BCUT2D eigenvalue weighted by atomic mass is 10.2. The van der Waals surface area contributed by atoms with Crippen LogP contribution in [0.25, 0.3) is 0 Å². The van der Waals surface area contributed by atoms with Crippen LogP contribution in [0.15, 0.2) is 17.2 Å².